The molecule has 12 heavy (non-hydrogen) atoms. The minimum Gasteiger partial charge on any atom is -0.480 e. The van der Waals surface area contributed by atoms with Gasteiger partial charge in [0.1, 0.15) is 12.6 Å². The summed E-state index contributed by atoms with van der Waals surface area (Å²) in [5.74, 6) is -1.47. The molecule has 0 aromatic carbocycles. The van der Waals surface area contributed by atoms with Gasteiger partial charge in [0.2, 0.25) is 5.91 Å². The summed E-state index contributed by atoms with van der Waals surface area (Å²) < 4.78 is 4.77. The third kappa shape index (κ3) is 4.68. The molecule has 2 N–H and O–H groups in total. The molecule has 0 aromatic heterocycles. The van der Waals surface area contributed by atoms with Crippen molar-refractivity contribution in [2.75, 3.05) is 13.2 Å². The summed E-state index contributed by atoms with van der Waals surface area (Å²) in [4.78, 5) is 21.1. The maximum Gasteiger partial charge on any atom is 0.325 e. The Morgan fingerprint density at radius 2 is 2.17 bits per heavy atom. The molecule has 0 aromatic rings. The first-order valence-electron chi connectivity index (χ1n) is 3.67. The van der Waals surface area contributed by atoms with Gasteiger partial charge in [0.05, 0.1) is 0 Å². The summed E-state index contributed by atoms with van der Waals surface area (Å²) in [7, 11) is 0. The number of carboxylic acids is 1. The molecule has 0 fully saturated rings. The fourth-order valence-corrected chi connectivity index (χ4v) is 0.540. The van der Waals surface area contributed by atoms with Gasteiger partial charge in [-0.15, -0.1) is 0 Å². The van der Waals surface area contributed by atoms with Gasteiger partial charge in [0.15, 0.2) is 0 Å². The van der Waals surface area contributed by atoms with Crippen LogP contribution in [0, 0.1) is 0 Å². The molecule has 0 aliphatic rings. The van der Waals surface area contributed by atoms with Crippen LogP contribution < -0.4 is 5.32 Å². The molecule has 1 unspecified atom stereocenters. The summed E-state index contributed by atoms with van der Waals surface area (Å²) in [5.41, 5.74) is 0. The van der Waals surface area contributed by atoms with Gasteiger partial charge in [-0.3, -0.25) is 9.59 Å². The van der Waals surface area contributed by atoms with Gasteiger partial charge >= 0.3 is 5.97 Å². The highest BCUT2D eigenvalue weighted by Gasteiger charge is 2.12. The number of carbonyl (C=O) groups is 2. The van der Waals surface area contributed by atoms with E-state index in [-0.39, 0.29) is 6.61 Å². The minimum atomic E-state index is -1.06. The quantitative estimate of drug-likeness (QED) is 0.596. The first-order valence-corrected chi connectivity index (χ1v) is 3.67. The Bertz CT molecular complexity index is 169. The minimum absolute atomic E-state index is 0.0892. The second-order valence-electron chi connectivity index (χ2n) is 2.26. The third-order valence-electron chi connectivity index (χ3n) is 1.19. The molecule has 0 saturated heterocycles. The monoisotopic (exact) mass is 175 g/mol. The number of hydrogen-bond donors (Lipinski definition) is 2. The predicted molar refractivity (Wildman–Crippen MR) is 41.7 cm³/mol. The van der Waals surface area contributed by atoms with Gasteiger partial charge in [-0.1, -0.05) is 0 Å². The SMILES string of the molecule is CCOCC(=O)NC(C)C(=O)O. The van der Waals surface area contributed by atoms with E-state index in [1.807, 2.05) is 0 Å². The highest BCUT2D eigenvalue weighted by Crippen LogP contribution is 1.82. The topological polar surface area (TPSA) is 75.6 Å². The van der Waals surface area contributed by atoms with Gasteiger partial charge in [-0.05, 0) is 13.8 Å². The normalized spacial score (nSPS) is 12.2. The molecule has 0 saturated carbocycles. The van der Waals surface area contributed by atoms with Crippen LogP contribution in [0.4, 0.5) is 0 Å². The van der Waals surface area contributed by atoms with E-state index in [2.05, 4.69) is 5.32 Å². The third-order valence-corrected chi connectivity index (χ3v) is 1.19. The van der Waals surface area contributed by atoms with E-state index in [0.29, 0.717) is 6.61 Å². The lowest BCUT2D eigenvalue weighted by atomic mass is 10.3. The average Bonchev–Trinajstić information content (AvgIpc) is 2.00. The van der Waals surface area contributed by atoms with Crippen LogP contribution >= 0.6 is 0 Å². The highest BCUT2D eigenvalue weighted by atomic mass is 16.5. The lowest BCUT2D eigenvalue weighted by molar-refractivity contribution is -0.141. The summed E-state index contributed by atoms with van der Waals surface area (Å²) in [5, 5.41) is 10.7. The van der Waals surface area contributed by atoms with Crippen LogP contribution in [-0.2, 0) is 14.3 Å². The Balaban J connectivity index is 3.61. The first kappa shape index (κ1) is 10.9. The van der Waals surface area contributed by atoms with Crippen LogP contribution in [0.2, 0.25) is 0 Å². The molecule has 0 aliphatic carbocycles. The Morgan fingerprint density at radius 1 is 1.58 bits per heavy atom. The number of amides is 1. The van der Waals surface area contributed by atoms with Crippen molar-refractivity contribution in [2.24, 2.45) is 0 Å². The Kier molecular flexibility index (Phi) is 5.03. The van der Waals surface area contributed by atoms with Crippen LogP contribution in [0.25, 0.3) is 0 Å². The molecule has 1 atom stereocenters. The molecule has 5 nitrogen and oxygen atoms in total. The maximum atomic E-state index is 10.8. The number of rotatable bonds is 5. The number of aliphatic carboxylic acids is 1. The molecule has 70 valence electrons. The highest BCUT2D eigenvalue weighted by molar-refractivity contribution is 5.83. The van der Waals surface area contributed by atoms with Crippen LogP contribution in [0.15, 0.2) is 0 Å². The standard InChI is InChI=1S/C7H13NO4/c1-3-12-4-6(9)8-5(2)7(10)11/h5H,3-4H2,1-2H3,(H,8,9)(H,10,11). The van der Waals surface area contributed by atoms with Gasteiger partial charge < -0.3 is 15.2 Å². The van der Waals surface area contributed by atoms with Crippen molar-refractivity contribution < 1.29 is 19.4 Å². The molecule has 1 amide bonds. The zero-order valence-corrected chi connectivity index (χ0v) is 7.16. The summed E-state index contributed by atoms with van der Waals surface area (Å²) in [6, 6.07) is -0.863. The second kappa shape index (κ2) is 5.54. The van der Waals surface area contributed by atoms with Gasteiger partial charge in [0.25, 0.3) is 0 Å². The summed E-state index contributed by atoms with van der Waals surface area (Å²) in [6.07, 6.45) is 0. The van der Waals surface area contributed by atoms with Gasteiger partial charge in [-0.2, -0.15) is 0 Å². The van der Waals surface area contributed by atoms with Crippen LogP contribution in [-0.4, -0.2) is 36.2 Å². The van der Waals surface area contributed by atoms with E-state index in [0.717, 1.165) is 0 Å². The molecule has 0 rings (SSSR count). The van der Waals surface area contributed by atoms with Crippen molar-refractivity contribution in [3.05, 3.63) is 0 Å². The molecule has 5 heteroatoms. The Hall–Kier alpha value is -1.10. The van der Waals surface area contributed by atoms with E-state index in [1.54, 1.807) is 6.92 Å². The zero-order chi connectivity index (χ0) is 9.56. The van der Waals surface area contributed by atoms with Crippen molar-refractivity contribution in [2.45, 2.75) is 19.9 Å². The van der Waals surface area contributed by atoms with Crippen molar-refractivity contribution in [1.82, 2.24) is 5.32 Å². The number of carbonyl (C=O) groups excluding carboxylic acids is 1. The van der Waals surface area contributed by atoms with Crippen LogP contribution in [0.1, 0.15) is 13.8 Å². The van der Waals surface area contributed by atoms with Crippen molar-refractivity contribution >= 4 is 11.9 Å². The Morgan fingerprint density at radius 3 is 2.58 bits per heavy atom. The molecule has 0 radical (unpaired) electrons. The molecule has 0 spiro atoms. The number of ether oxygens (including phenoxy) is 1. The predicted octanol–water partition coefficient (Wildman–Crippen LogP) is -0.388. The van der Waals surface area contributed by atoms with Gasteiger partial charge in [-0.25, -0.2) is 0 Å². The maximum absolute atomic E-state index is 10.8. The largest absolute Gasteiger partial charge is 0.480 e. The lowest BCUT2D eigenvalue weighted by Crippen LogP contribution is -2.40. The lowest BCUT2D eigenvalue weighted by Gasteiger charge is -2.08. The van der Waals surface area contributed by atoms with E-state index in [1.165, 1.54) is 6.92 Å². The fraction of sp³-hybridized carbons (Fsp3) is 0.714. The van der Waals surface area contributed by atoms with Crippen LogP contribution in [0.3, 0.4) is 0 Å². The van der Waals surface area contributed by atoms with E-state index in [4.69, 9.17) is 9.84 Å². The fourth-order valence-electron chi connectivity index (χ4n) is 0.540. The number of nitrogens with one attached hydrogen (secondary N) is 1. The van der Waals surface area contributed by atoms with E-state index < -0.39 is 17.9 Å². The van der Waals surface area contributed by atoms with Gasteiger partial charge in [0, 0.05) is 6.61 Å². The smallest absolute Gasteiger partial charge is 0.325 e. The molecule has 0 heterocycles. The second-order valence-corrected chi connectivity index (χ2v) is 2.26. The number of hydrogen-bond acceptors (Lipinski definition) is 3. The van der Waals surface area contributed by atoms with Crippen molar-refractivity contribution in [3.8, 4) is 0 Å². The van der Waals surface area contributed by atoms with E-state index in [9.17, 15) is 9.59 Å². The summed E-state index contributed by atoms with van der Waals surface area (Å²) >= 11 is 0. The molecular formula is C7H13NO4. The Labute approximate surface area is 70.7 Å². The van der Waals surface area contributed by atoms with E-state index >= 15 is 0 Å². The number of carboxylic acid groups (broad SMARTS) is 1. The molecule has 0 bridgehead atoms. The van der Waals surface area contributed by atoms with Crippen molar-refractivity contribution in [1.29, 1.82) is 0 Å². The average molecular weight is 175 g/mol. The van der Waals surface area contributed by atoms with Crippen LogP contribution in [0.5, 0.6) is 0 Å². The first-order chi connectivity index (χ1) is 5.57. The zero-order valence-electron chi connectivity index (χ0n) is 7.16. The molecular weight excluding hydrogens is 162 g/mol. The molecule has 0 aliphatic heterocycles. The van der Waals surface area contributed by atoms with Crippen molar-refractivity contribution in [3.63, 3.8) is 0 Å². The summed E-state index contributed by atoms with van der Waals surface area (Å²) in [6.45, 7) is 3.50.